The zero-order valence-corrected chi connectivity index (χ0v) is 9.28. The Hall–Kier alpha value is -1.51. The summed E-state index contributed by atoms with van der Waals surface area (Å²) in [7, 11) is 1.78. The second-order valence-electron chi connectivity index (χ2n) is 4.46. The summed E-state index contributed by atoms with van der Waals surface area (Å²) in [5.74, 6) is 0.862. The topological polar surface area (TPSA) is 29.5 Å². The van der Waals surface area contributed by atoms with E-state index in [4.69, 9.17) is 4.74 Å². The third kappa shape index (κ3) is 1.82. The van der Waals surface area contributed by atoms with Crippen molar-refractivity contribution in [3.05, 3.63) is 24.3 Å². The van der Waals surface area contributed by atoms with E-state index in [1.807, 2.05) is 38.1 Å². The van der Waals surface area contributed by atoms with Crippen molar-refractivity contribution in [3.8, 4) is 5.75 Å². The summed E-state index contributed by atoms with van der Waals surface area (Å²) in [6.07, 6.45) is 0.401. The first-order valence-electron chi connectivity index (χ1n) is 5.04. The summed E-state index contributed by atoms with van der Waals surface area (Å²) in [6.45, 7) is 3.86. The van der Waals surface area contributed by atoms with Crippen LogP contribution in [0.4, 0.5) is 5.69 Å². The third-order valence-electron chi connectivity index (χ3n) is 2.56. The Bertz CT molecular complexity index is 398. The molecule has 1 heterocycles. The van der Waals surface area contributed by atoms with Crippen LogP contribution in [0.3, 0.4) is 0 Å². The van der Waals surface area contributed by atoms with Crippen molar-refractivity contribution in [1.29, 1.82) is 0 Å². The molecule has 0 fully saturated rings. The average Bonchev–Trinajstić information content (AvgIpc) is 2.23. The number of fused-ring (bicyclic) bond motifs is 1. The number of hydrogen-bond donors (Lipinski definition) is 0. The third-order valence-corrected chi connectivity index (χ3v) is 2.56. The monoisotopic (exact) mass is 205 g/mol. The first-order chi connectivity index (χ1) is 6.99. The van der Waals surface area contributed by atoms with Crippen LogP contribution in [-0.4, -0.2) is 18.6 Å². The van der Waals surface area contributed by atoms with E-state index in [-0.39, 0.29) is 5.91 Å². The van der Waals surface area contributed by atoms with Gasteiger partial charge >= 0.3 is 0 Å². The number of anilines is 1. The standard InChI is InChI=1S/C12H15NO2/c1-12(2)8-11(14)13(3)9-6-4-5-7-10(9)15-12/h4-7H,8H2,1-3H3. The predicted molar refractivity (Wildman–Crippen MR) is 59.2 cm³/mol. The van der Waals surface area contributed by atoms with Crippen LogP contribution in [0.2, 0.25) is 0 Å². The molecule has 0 bridgehead atoms. The molecule has 1 aromatic carbocycles. The highest BCUT2D eigenvalue weighted by atomic mass is 16.5. The lowest BCUT2D eigenvalue weighted by atomic mass is 10.1. The molecule has 2 rings (SSSR count). The highest BCUT2D eigenvalue weighted by Crippen LogP contribution is 2.35. The van der Waals surface area contributed by atoms with Crippen LogP contribution in [0.15, 0.2) is 24.3 Å². The molecule has 0 radical (unpaired) electrons. The van der Waals surface area contributed by atoms with Crippen LogP contribution in [0, 0.1) is 0 Å². The molecule has 0 unspecified atom stereocenters. The first-order valence-corrected chi connectivity index (χ1v) is 5.04. The molecule has 3 heteroatoms. The average molecular weight is 205 g/mol. The molecule has 3 nitrogen and oxygen atoms in total. The molecule has 0 N–H and O–H groups in total. The van der Waals surface area contributed by atoms with Gasteiger partial charge < -0.3 is 9.64 Å². The molecular weight excluding hydrogens is 190 g/mol. The number of nitrogens with zero attached hydrogens (tertiary/aromatic N) is 1. The van der Waals surface area contributed by atoms with Crippen LogP contribution < -0.4 is 9.64 Å². The second-order valence-corrected chi connectivity index (χ2v) is 4.46. The molecule has 0 saturated carbocycles. The summed E-state index contributed by atoms with van der Waals surface area (Å²) in [6, 6.07) is 7.61. The second kappa shape index (κ2) is 3.26. The minimum atomic E-state index is -0.433. The lowest BCUT2D eigenvalue weighted by Crippen LogP contribution is -2.34. The Balaban J connectivity index is 2.51. The fourth-order valence-corrected chi connectivity index (χ4v) is 1.77. The van der Waals surface area contributed by atoms with Gasteiger partial charge in [-0.2, -0.15) is 0 Å². The molecule has 1 amide bonds. The van der Waals surface area contributed by atoms with Crippen molar-refractivity contribution in [2.75, 3.05) is 11.9 Å². The van der Waals surface area contributed by atoms with Gasteiger partial charge in [0.05, 0.1) is 12.1 Å². The van der Waals surface area contributed by atoms with E-state index in [1.54, 1.807) is 11.9 Å². The summed E-state index contributed by atoms with van der Waals surface area (Å²) in [4.78, 5) is 13.5. The number of carbonyl (C=O) groups is 1. The lowest BCUT2D eigenvalue weighted by molar-refractivity contribution is -0.120. The van der Waals surface area contributed by atoms with Crippen molar-refractivity contribution < 1.29 is 9.53 Å². The number of hydrogen-bond acceptors (Lipinski definition) is 2. The number of ether oxygens (including phenoxy) is 1. The van der Waals surface area contributed by atoms with Gasteiger partial charge in [-0.3, -0.25) is 4.79 Å². The van der Waals surface area contributed by atoms with Crippen LogP contribution in [-0.2, 0) is 4.79 Å². The molecule has 0 saturated heterocycles. The Morgan fingerprint density at radius 3 is 2.73 bits per heavy atom. The quantitative estimate of drug-likeness (QED) is 0.650. The van der Waals surface area contributed by atoms with E-state index in [0.29, 0.717) is 6.42 Å². The van der Waals surface area contributed by atoms with E-state index >= 15 is 0 Å². The van der Waals surface area contributed by atoms with Gasteiger partial charge in [-0.05, 0) is 26.0 Å². The van der Waals surface area contributed by atoms with Crippen molar-refractivity contribution in [1.82, 2.24) is 0 Å². The summed E-state index contributed by atoms with van der Waals surface area (Å²) >= 11 is 0. The maximum atomic E-state index is 11.8. The van der Waals surface area contributed by atoms with Gasteiger partial charge in [0.1, 0.15) is 11.4 Å². The Kier molecular flexibility index (Phi) is 2.18. The van der Waals surface area contributed by atoms with Gasteiger partial charge in [0, 0.05) is 7.05 Å². The minimum Gasteiger partial charge on any atom is -0.485 e. The van der Waals surface area contributed by atoms with Crippen LogP contribution in [0.25, 0.3) is 0 Å². The van der Waals surface area contributed by atoms with E-state index in [2.05, 4.69) is 0 Å². The van der Waals surface area contributed by atoms with Gasteiger partial charge in [-0.1, -0.05) is 12.1 Å². The largest absolute Gasteiger partial charge is 0.485 e. The van der Waals surface area contributed by atoms with Gasteiger partial charge in [0.25, 0.3) is 0 Å². The Labute approximate surface area is 89.7 Å². The predicted octanol–water partition coefficient (Wildman–Crippen LogP) is 2.21. The van der Waals surface area contributed by atoms with Crippen molar-refractivity contribution in [2.24, 2.45) is 0 Å². The fourth-order valence-electron chi connectivity index (χ4n) is 1.77. The number of rotatable bonds is 0. The van der Waals surface area contributed by atoms with E-state index in [1.165, 1.54) is 0 Å². The van der Waals surface area contributed by atoms with Crippen molar-refractivity contribution in [2.45, 2.75) is 25.9 Å². The highest BCUT2D eigenvalue weighted by Gasteiger charge is 2.31. The highest BCUT2D eigenvalue weighted by molar-refractivity contribution is 5.95. The fraction of sp³-hybridized carbons (Fsp3) is 0.417. The Morgan fingerprint density at radius 2 is 2.00 bits per heavy atom. The smallest absolute Gasteiger partial charge is 0.230 e. The number of para-hydroxylation sites is 2. The number of amides is 1. The maximum absolute atomic E-state index is 11.8. The zero-order valence-electron chi connectivity index (χ0n) is 9.28. The summed E-state index contributed by atoms with van der Waals surface area (Å²) < 4.78 is 5.82. The van der Waals surface area contributed by atoms with Crippen LogP contribution in [0.5, 0.6) is 5.75 Å². The molecule has 0 spiro atoms. The molecular formula is C12H15NO2. The summed E-state index contributed by atoms with van der Waals surface area (Å²) in [5.41, 5.74) is 0.408. The first kappa shape index (κ1) is 10.0. The van der Waals surface area contributed by atoms with Crippen molar-refractivity contribution in [3.63, 3.8) is 0 Å². The van der Waals surface area contributed by atoms with Gasteiger partial charge in [-0.15, -0.1) is 0 Å². The Morgan fingerprint density at radius 1 is 1.33 bits per heavy atom. The molecule has 0 atom stereocenters. The number of benzene rings is 1. The molecule has 80 valence electrons. The van der Waals surface area contributed by atoms with E-state index in [0.717, 1.165) is 11.4 Å². The molecule has 15 heavy (non-hydrogen) atoms. The number of carbonyl (C=O) groups excluding carboxylic acids is 1. The van der Waals surface area contributed by atoms with Crippen LogP contribution in [0.1, 0.15) is 20.3 Å². The molecule has 0 aromatic heterocycles. The van der Waals surface area contributed by atoms with Gasteiger partial charge in [0.15, 0.2) is 0 Å². The van der Waals surface area contributed by atoms with E-state index in [9.17, 15) is 4.79 Å². The lowest BCUT2D eigenvalue weighted by Gasteiger charge is -2.22. The minimum absolute atomic E-state index is 0.0879. The zero-order chi connectivity index (χ0) is 11.1. The maximum Gasteiger partial charge on any atom is 0.230 e. The molecule has 0 aliphatic carbocycles. The van der Waals surface area contributed by atoms with Gasteiger partial charge in [-0.25, -0.2) is 0 Å². The van der Waals surface area contributed by atoms with Crippen LogP contribution >= 0.6 is 0 Å². The summed E-state index contributed by atoms with van der Waals surface area (Å²) in [5, 5.41) is 0. The molecule has 1 aliphatic rings. The van der Waals surface area contributed by atoms with Gasteiger partial charge in [0.2, 0.25) is 5.91 Å². The normalized spacial score (nSPS) is 19.1. The van der Waals surface area contributed by atoms with Crippen molar-refractivity contribution >= 4 is 11.6 Å². The molecule has 1 aliphatic heterocycles. The SMILES string of the molecule is CN1C(=O)CC(C)(C)Oc2ccccc21. The molecule has 1 aromatic rings. The van der Waals surface area contributed by atoms with E-state index < -0.39 is 5.60 Å².